The fourth-order valence-corrected chi connectivity index (χ4v) is 4.21. The van der Waals surface area contributed by atoms with Crippen LogP contribution in [0.25, 0.3) is 10.9 Å². The Labute approximate surface area is 195 Å². The molecular formula is C23H23Cl2N5O2. The van der Waals surface area contributed by atoms with Crippen LogP contribution in [0.5, 0.6) is 0 Å². The summed E-state index contributed by atoms with van der Waals surface area (Å²) in [4.78, 5) is 12.2. The number of aryl methyl sites for hydroxylation is 1. The van der Waals surface area contributed by atoms with Crippen LogP contribution in [0.4, 0.5) is 0 Å². The van der Waals surface area contributed by atoms with Crippen molar-refractivity contribution in [1.29, 1.82) is 0 Å². The van der Waals surface area contributed by atoms with Crippen molar-refractivity contribution in [2.75, 3.05) is 0 Å². The van der Waals surface area contributed by atoms with Crippen molar-refractivity contribution in [2.24, 2.45) is 0 Å². The predicted molar refractivity (Wildman–Crippen MR) is 124 cm³/mol. The highest BCUT2D eigenvalue weighted by Gasteiger charge is 2.13. The number of nitrogens with zero attached hydrogens (tertiary/aromatic N) is 5. The number of carbonyl (C=O) groups is 1. The first kappa shape index (κ1) is 22.3. The van der Waals surface area contributed by atoms with Crippen LogP contribution in [0.2, 0.25) is 10.0 Å². The van der Waals surface area contributed by atoms with Gasteiger partial charge < -0.3 is 9.67 Å². The van der Waals surface area contributed by atoms with E-state index in [2.05, 4.69) is 38.3 Å². The molecule has 1 N–H and O–H groups in total. The third-order valence-electron chi connectivity index (χ3n) is 5.32. The molecule has 32 heavy (non-hydrogen) atoms. The van der Waals surface area contributed by atoms with E-state index in [1.165, 1.54) is 0 Å². The molecule has 2 heterocycles. The largest absolute Gasteiger partial charge is 0.481 e. The van der Waals surface area contributed by atoms with Gasteiger partial charge in [0.05, 0.1) is 6.54 Å². The number of para-hydroxylation sites is 1. The molecule has 166 valence electrons. The van der Waals surface area contributed by atoms with Gasteiger partial charge in [0.1, 0.15) is 0 Å². The summed E-state index contributed by atoms with van der Waals surface area (Å²) in [7, 11) is 0. The van der Waals surface area contributed by atoms with Gasteiger partial charge >= 0.3 is 5.97 Å². The quantitative estimate of drug-likeness (QED) is 0.320. The number of rotatable bonds is 10. The van der Waals surface area contributed by atoms with Gasteiger partial charge in [0.25, 0.3) is 0 Å². The molecule has 0 spiro atoms. The molecule has 4 aromatic rings. The van der Waals surface area contributed by atoms with Crippen LogP contribution in [0.1, 0.15) is 42.6 Å². The lowest BCUT2D eigenvalue weighted by Crippen LogP contribution is -2.03. The number of hydrogen-bond acceptors (Lipinski definition) is 4. The maximum Gasteiger partial charge on any atom is 0.303 e. The van der Waals surface area contributed by atoms with Gasteiger partial charge in [0.15, 0.2) is 5.82 Å². The maximum atomic E-state index is 10.6. The Hall–Kier alpha value is -2.90. The van der Waals surface area contributed by atoms with Crippen molar-refractivity contribution in [2.45, 2.75) is 45.2 Å². The third kappa shape index (κ3) is 5.47. The lowest BCUT2D eigenvalue weighted by atomic mass is 10.1. The van der Waals surface area contributed by atoms with Crippen molar-refractivity contribution in [1.82, 2.24) is 24.8 Å². The highest BCUT2D eigenvalue weighted by molar-refractivity contribution is 6.35. The van der Waals surface area contributed by atoms with Crippen LogP contribution >= 0.6 is 23.2 Å². The fraction of sp³-hybridized carbons (Fsp3) is 0.304. The number of benzene rings is 2. The Morgan fingerprint density at radius 3 is 2.69 bits per heavy atom. The molecule has 7 nitrogen and oxygen atoms in total. The van der Waals surface area contributed by atoms with E-state index in [0.717, 1.165) is 34.9 Å². The minimum atomic E-state index is -0.760. The number of fused-ring (bicyclic) bond motifs is 1. The number of aliphatic carboxylic acids is 1. The summed E-state index contributed by atoms with van der Waals surface area (Å²) in [5.74, 6) is -0.105. The molecule has 0 unspecified atom stereocenters. The maximum absolute atomic E-state index is 10.6. The average molecular weight is 472 g/mol. The van der Waals surface area contributed by atoms with Crippen LogP contribution in [-0.2, 0) is 24.3 Å². The molecule has 0 aliphatic heterocycles. The zero-order chi connectivity index (χ0) is 22.5. The molecule has 0 saturated heterocycles. The second kappa shape index (κ2) is 10.1. The Bertz CT molecular complexity index is 1230. The van der Waals surface area contributed by atoms with Gasteiger partial charge in [-0.05, 0) is 47.4 Å². The molecule has 0 aliphatic rings. The summed E-state index contributed by atoms with van der Waals surface area (Å²) in [5, 5.41) is 23.9. The van der Waals surface area contributed by atoms with Crippen LogP contribution in [0.15, 0.2) is 48.7 Å². The van der Waals surface area contributed by atoms with Gasteiger partial charge in [-0.1, -0.05) is 53.9 Å². The highest BCUT2D eigenvalue weighted by atomic mass is 35.5. The summed E-state index contributed by atoms with van der Waals surface area (Å²) in [6.45, 7) is 1.26. The second-order valence-corrected chi connectivity index (χ2v) is 8.56. The molecular weight excluding hydrogens is 449 g/mol. The summed E-state index contributed by atoms with van der Waals surface area (Å²) in [6, 6.07) is 13.8. The minimum Gasteiger partial charge on any atom is -0.481 e. The van der Waals surface area contributed by atoms with Crippen molar-refractivity contribution in [3.63, 3.8) is 0 Å². The number of carboxylic acid groups (broad SMARTS) is 1. The summed E-state index contributed by atoms with van der Waals surface area (Å²) in [6.07, 6.45) is 5.19. The number of unbranched alkanes of at least 4 members (excludes halogenated alkanes) is 2. The van der Waals surface area contributed by atoms with Crippen molar-refractivity contribution in [3.8, 4) is 0 Å². The Kier molecular flexibility index (Phi) is 7.07. The van der Waals surface area contributed by atoms with E-state index in [0.29, 0.717) is 41.8 Å². The number of halogens is 2. The smallest absolute Gasteiger partial charge is 0.303 e. The Balaban J connectivity index is 1.47. The van der Waals surface area contributed by atoms with Gasteiger partial charge in [-0.25, -0.2) is 0 Å². The Morgan fingerprint density at radius 1 is 1.03 bits per heavy atom. The molecule has 0 aliphatic carbocycles. The number of carboxylic acids is 1. The third-order valence-corrected chi connectivity index (χ3v) is 5.91. The Morgan fingerprint density at radius 2 is 1.88 bits per heavy atom. The molecule has 4 rings (SSSR count). The molecule has 2 aromatic heterocycles. The zero-order valence-electron chi connectivity index (χ0n) is 17.4. The second-order valence-electron chi connectivity index (χ2n) is 7.72. The first-order valence-electron chi connectivity index (χ1n) is 10.5. The molecule has 2 aromatic carbocycles. The van der Waals surface area contributed by atoms with Gasteiger partial charge in [-0.15, -0.1) is 10.2 Å². The number of hydrogen-bond donors (Lipinski definition) is 1. The van der Waals surface area contributed by atoms with E-state index in [-0.39, 0.29) is 6.42 Å². The normalized spacial score (nSPS) is 11.3. The van der Waals surface area contributed by atoms with Crippen LogP contribution < -0.4 is 0 Å². The lowest BCUT2D eigenvalue weighted by molar-refractivity contribution is -0.137. The van der Waals surface area contributed by atoms with E-state index in [9.17, 15) is 4.79 Å². The van der Waals surface area contributed by atoms with E-state index in [4.69, 9.17) is 28.3 Å². The van der Waals surface area contributed by atoms with Gasteiger partial charge in [0, 0.05) is 46.5 Å². The molecule has 0 radical (unpaired) electrons. The van der Waals surface area contributed by atoms with E-state index in [1.54, 1.807) is 10.9 Å². The molecule has 0 saturated carbocycles. The highest BCUT2D eigenvalue weighted by Crippen LogP contribution is 2.27. The standard InChI is InChI=1S/C23H23Cl2N5O2/c24-18-10-9-16(20(25)13-18)14-29-15-17(19-6-3-4-7-21(19)29)12-22-26-28-30(27-22)11-5-1-2-8-23(31)32/h3-4,6-7,9-10,13,15H,1-2,5,8,11-12,14H2,(H,31,32). The number of tetrazole rings is 1. The van der Waals surface area contributed by atoms with Gasteiger partial charge in [-0.3, -0.25) is 4.79 Å². The monoisotopic (exact) mass is 471 g/mol. The predicted octanol–water partition coefficient (Wildman–Crippen LogP) is 5.22. The molecule has 9 heteroatoms. The average Bonchev–Trinajstić information content (AvgIpc) is 3.35. The molecule has 0 amide bonds. The summed E-state index contributed by atoms with van der Waals surface area (Å²) >= 11 is 12.4. The van der Waals surface area contributed by atoms with E-state index >= 15 is 0 Å². The summed E-state index contributed by atoms with van der Waals surface area (Å²) < 4.78 is 2.17. The van der Waals surface area contributed by atoms with Crippen LogP contribution in [0, 0.1) is 0 Å². The van der Waals surface area contributed by atoms with Crippen LogP contribution in [-0.4, -0.2) is 35.9 Å². The van der Waals surface area contributed by atoms with E-state index < -0.39 is 5.97 Å². The number of aromatic nitrogens is 5. The summed E-state index contributed by atoms with van der Waals surface area (Å²) in [5.41, 5.74) is 3.22. The topological polar surface area (TPSA) is 85.8 Å². The van der Waals surface area contributed by atoms with Crippen molar-refractivity contribution < 1.29 is 9.90 Å². The van der Waals surface area contributed by atoms with Crippen molar-refractivity contribution in [3.05, 3.63) is 75.7 Å². The van der Waals surface area contributed by atoms with Crippen molar-refractivity contribution >= 4 is 40.1 Å². The first-order chi connectivity index (χ1) is 15.5. The SMILES string of the molecule is O=C(O)CCCCCn1nnc(Cc2cn(Cc3ccc(Cl)cc3Cl)c3ccccc23)n1. The van der Waals surface area contributed by atoms with Gasteiger partial charge in [0.2, 0.25) is 0 Å². The fourth-order valence-electron chi connectivity index (χ4n) is 3.75. The van der Waals surface area contributed by atoms with Crippen LogP contribution in [0.3, 0.4) is 0 Å². The molecule has 0 fully saturated rings. The van der Waals surface area contributed by atoms with Gasteiger partial charge in [-0.2, -0.15) is 4.80 Å². The zero-order valence-corrected chi connectivity index (χ0v) is 18.9. The first-order valence-corrected chi connectivity index (χ1v) is 11.2. The van der Waals surface area contributed by atoms with E-state index in [1.807, 2.05) is 24.3 Å². The lowest BCUT2D eigenvalue weighted by Gasteiger charge is -2.08. The minimum absolute atomic E-state index is 0.196. The molecule has 0 atom stereocenters. The molecule has 0 bridgehead atoms.